The van der Waals surface area contributed by atoms with Gasteiger partial charge < -0.3 is 14.6 Å². The number of nitrogens with zero attached hydrogens (tertiary/aromatic N) is 1. The highest BCUT2D eigenvalue weighted by Crippen LogP contribution is 2.18. The van der Waals surface area contributed by atoms with Gasteiger partial charge in [-0.15, -0.1) is 0 Å². The molecule has 0 amide bonds. The minimum Gasteiger partial charge on any atom is -0.380 e. The summed E-state index contributed by atoms with van der Waals surface area (Å²) in [7, 11) is 1.76. The number of benzene rings is 1. The van der Waals surface area contributed by atoms with Crippen LogP contribution in [0.1, 0.15) is 26.3 Å². The lowest BCUT2D eigenvalue weighted by Crippen LogP contribution is -2.21. The van der Waals surface area contributed by atoms with E-state index < -0.39 is 0 Å². The standard InChI is InChI=1S/C16H24N2O/c1-12(2)17-10-14-5-6-15-7-8-18(16(15)9-14)11-13(3)19-4/h5-9,12-13,17H,10-11H2,1-4H3. The van der Waals surface area contributed by atoms with Gasteiger partial charge in [-0.05, 0) is 30.0 Å². The Morgan fingerprint density at radius 1 is 1.21 bits per heavy atom. The average Bonchev–Trinajstić information content (AvgIpc) is 2.79. The first-order chi connectivity index (χ1) is 9.10. The molecule has 0 aliphatic rings. The zero-order valence-corrected chi connectivity index (χ0v) is 12.3. The highest BCUT2D eigenvalue weighted by Gasteiger charge is 2.06. The third kappa shape index (κ3) is 3.58. The molecule has 1 unspecified atom stereocenters. The molecule has 1 N–H and O–H groups in total. The van der Waals surface area contributed by atoms with Crippen LogP contribution in [0.25, 0.3) is 10.9 Å². The summed E-state index contributed by atoms with van der Waals surface area (Å²) in [5.41, 5.74) is 2.61. The second-order valence-electron chi connectivity index (χ2n) is 5.44. The molecule has 0 aliphatic heterocycles. The quantitative estimate of drug-likeness (QED) is 0.863. The number of rotatable bonds is 6. The average molecular weight is 260 g/mol. The molecule has 0 saturated heterocycles. The van der Waals surface area contributed by atoms with Crippen molar-refractivity contribution < 1.29 is 4.74 Å². The summed E-state index contributed by atoms with van der Waals surface area (Å²) in [4.78, 5) is 0. The summed E-state index contributed by atoms with van der Waals surface area (Å²) >= 11 is 0. The van der Waals surface area contributed by atoms with Crippen molar-refractivity contribution in [3.8, 4) is 0 Å². The van der Waals surface area contributed by atoms with Crippen LogP contribution in [0.5, 0.6) is 0 Å². The fourth-order valence-electron chi connectivity index (χ4n) is 2.17. The lowest BCUT2D eigenvalue weighted by atomic mass is 10.1. The first kappa shape index (κ1) is 14.1. The Hall–Kier alpha value is -1.32. The van der Waals surface area contributed by atoms with E-state index in [4.69, 9.17) is 4.74 Å². The highest BCUT2D eigenvalue weighted by molar-refractivity contribution is 5.80. The molecule has 0 spiro atoms. The monoisotopic (exact) mass is 260 g/mol. The predicted molar refractivity (Wildman–Crippen MR) is 80.4 cm³/mol. The van der Waals surface area contributed by atoms with Crippen molar-refractivity contribution in [1.29, 1.82) is 0 Å². The Morgan fingerprint density at radius 2 is 2.00 bits per heavy atom. The second kappa shape index (κ2) is 6.22. The van der Waals surface area contributed by atoms with E-state index >= 15 is 0 Å². The fraction of sp³-hybridized carbons (Fsp3) is 0.500. The van der Waals surface area contributed by atoms with E-state index in [0.717, 1.165) is 13.1 Å². The molecule has 3 heteroatoms. The van der Waals surface area contributed by atoms with Gasteiger partial charge in [0.15, 0.2) is 0 Å². The second-order valence-corrected chi connectivity index (χ2v) is 5.44. The summed E-state index contributed by atoms with van der Waals surface area (Å²) in [6.45, 7) is 8.23. The van der Waals surface area contributed by atoms with Crippen molar-refractivity contribution in [2.45, 2.75) is 46.0 Å². The zero-order valence-electron chi connectivity index (χ0n) is 12.3. The van der Waals surface area contributed by atoms with E-state index in [-0.39, 0.29) is 6.10 Å². The summed E-state index contributed by atoms with van der Waals surface area (Å²) in [5, 5.41) is 4.74. The molecule has 0 bridgehead atoms. The van der Waals surface area contributed by atoms with E-state index in [1.165, 1.54) is 16.5 Å². The van der Waals surface area contributed by atoms with Crippen LogP contribution in [0.2, 0.25) is 0 Å². The van der Waals surface area contributed by atoms with Gasteiger partial charge in [0, 0.05) is 38.0 Å². The van der Waals surface area contributed by atoms with E-state index in [1.54, 1.807) is 7.11 Å². The Labute approximate surface area is 115 Å². The van der Waals surface area contributed by atoms with Gasteiger partial charge in [-0.25, -0.2) is 0 Å². The Kier molecular flexibility index (Phi) is 4.61. The molecule has 19 heavy (non-hydrogen) atoms. The first-order valence-electron chi connectivity index (χ1n) is 6.94. The largest absolute Gasteiger partial charge is 0.380 e. The summed E-state index contributed by atoms with van der Waals surface area (Å²) < 4.78 is 7.61. The van der Waals surface area contributed by atoms with Crippen molar-refractivity contribution in [3.63, 3.8) is 0 Å². The maximum atomic E-state index is 5.35. The van der Waals surface area contributed by atoms with Gasteiger partial charge in [0.2, 0.25) is 0 Å². The van der Waals surface area contributed by atoms with Gasteiger partial charge in [-0.3, -0.25) is 0 Å². The summed E-state index contributed by atoms with van der Waals surface area (Å²) in [6.07, 6.45) is 2.37. The molecular formula is C16H24N2O. The minimum atomic E-state index is 0.230. The number of nitrogens with one attached hydrogen (secondary N) is 1. The number of fused-ring (bicyclic) bond motifs is 1. The number of ether oxygens (including phenoxy) is 1. The smallest absolute Gasteiger partial charge is 0.0722 e. The van der Waals surface area contributed by atoms with Crippen LogP contribution < -0.4 is 5.32 Å². The van der Waals surface area contributed by atoms with Crippen LogP contribution in [0, 0.1) is 0 Å². The molecule has 1 atom stereocenters. The minimum absolute atomic E-state index is 0.230. The van der Waals surface area contributed by atoms with Crippen molar-refractivity contribution in [2.24, 2.45) is 0 Å². The van der Waals surface area contributed by atoms with Gasteiger partial charge in [0.05, 0.1) is 6.10 Å². The molecule has 1 aromatic carbocycles. The van der Waals surface area contributed by atoms with Crippen molar-refractivity contribution in [2.75, 3.05) is 7.11 Å². The zero-order chi connectivity index (χ0) is 13.8. The molecule has 2 rings (SSSR count). The topological polar surface area (TPSA) is 26.2 Å². The van der Waals surface area contributed by atoms with Crippen LogP contribution >= 0.6 is 0 Å². The van der Waals surface area contributed by atoms with Gasteiger partial charge in [-0.2, -0.15) is 0 Å². The molecule has 0 fully saturated rings. The van der Waals surface area contributed by atoms with Gasteiger partial charge >= 0.3 is 0 Å². The van der Waals surface area contributed by atoms with Crippen LogP contribution in [-0.2, 0) is 17.8 Å². The van der Waals surface area contributed by atoms with E-state index in [1.807, 2.05) is 0 Å². The van der Waals surface area contributed by atoms with Crippen molar-refractivity contribution >= 4 is 10.9 Å². The van der Waals surface area contributed by atoms with E-state index in [0.29, 0.717) is 6.04 Å². The Bertz CT molecular complexity index is 531. The number of methoxy groups -OCH3 is 1. The van der Waals surface area contributed by atoms with Crippen LogP contribution in [0.4, 0.5) is 0 Å². The van der Waals surface area contributed by atoms with Crippen LogP contribution in [-0.4, -0.2) is 23.8 Å². The van der Waals surface area contributed by atoms with Crippen LogP contribution in [0.15, 0.2) is 30.5 Å². The number of hydrogen-bond donors (Lipinski definition) is 1. The Balaban J connectivity index is 2.21. The molecule has 104 valence electrons. The maximum Gasteiger partial charge on any atom is 0.0722 e. The molecule has 0 aliphatic carbocycles. The number of hydrogen-bond acceptors (Lipinski definition) is 2. The Morgan fingerprint density at radius 3 is 2.68 bits per heavy atom. The fourth-order valence-corrected chi connectivity index (χ4v) is 2.17. The predicted octanol–water partition coefficient (Wildman–Crippen LogP) is 3.17. The normalized spacial score (nSPS) is 13.3. The highest BCUT2D eigenvalue weighted by atomic mass is 16.5. The summed E-state index contributed by atoms with van der Waals surface area (Å²) in [6, 6.07) is 9.34. The third-order valence-electron chi connectivity index (χ3n) is 3.41. The van der Waals surface area contributed by atoms with E-state index in [9.17, 15) is 0 Å². The molecule has 1 aromatic heterocycles. The van der Waals surface area contributed by atoms with Crippen molar-refractivity contribution in [1.82, 2.24) is 9.88 Å². The van der Waals surface area contributed by atoms with Crippen LogP contribution in [0.3, 0.4) is 0 Å². The van der Waals surface area contributed by atoms with Gasteiger partial charge in [0.1, 0.15) is 0 Å². The summed E-state index contributed by atoms with van der Waals surface area (Å²) in [5.74, 6) is 0. The molecule has 1 heterocycles. The lowest BCUT2D eigenvalue weighted by molar-refractivity contribution is 0.104. The van der Waals surface area contributed by atoms with Crippen molar-refractivity contribution in [3.05, 3.63) is 36.0 Å². The molecule has 2 aromatic rings. The van der Waals surface area contributed by atoms with Gasteiger partial charge in [0.25, 0.3) is 0 Å². The molecular weight excluding hydrogens is 236 g/mol. The SMILES string of the molecule is COC(C)Cn1ccc2ccc(CNC(C)C)cc21. The molecule has 0 saturated carbocycles. The molecule has 3 nitrogen and oxygen atoms in total. The maximum absolute atomic E-state index is 5.35. The molecule has 0 radical (unpaired) electrons. The van der Waals surface area contributed by atoms with E-state index in [2.05, 4.69) is 61.1 Å². The number of aromatic nitrogens is 1. The first-order valence-corrected chi connectivity index (χ1v) is 6.94. The lowest BCUT2D eigenvalue weighted by Gasteiger charge is -2.13. The third-order valence-corrected chi connectivity index (χ3v) is 3.41. The van der Waals surface area contributed by atoms with Gasteiger partial charge in [-0.1, -0.05) is 26.0 Å².